The van der Waals surface area contributed by atoms with E-state index in [0.29, 0.717) is 29.7 Å². The summed E-state index contributed by atoms with van der Waals surface area (Å²) in [6, 6.07) is 7.60. The van der Waals surface area contributed by atoms with Crippen molar-refractivity contribution >= 4 is 11.6 Å². The van der Waals surface area contributed by atoms with Gasteiger partial charge in [-0.15, -0.1) is 0 Å². The lowest BCUT2D eigenvalue weighted by Crippen LogP contribution is -3.00. The summed E-state index contributed by atoms with van der Waals surface area (Å²) in [4.78, 5) is 4.06. The van der Waals surface area contributed by atoms with E-state index in [9.17, 15) is 5.11 Å². The number of hydrogen-bond donors (Lipinski definition) is 2. The molecule has 0 fully saturated rings. The van der Waals surface area contributed by atoms with Gasteiger partial charge in [0.1, 0.15) is 6.61 Å². The van der Waals surface area contributed by atoms with Crippen LogP contribution in [0, 0.1) is 0 Å². The molecule has 0 aliphatic rings. The summed E-state index contributed by atoms with van der Waals surface area (Å²) >= 11 is 6.36. The van der Waals surface area contributed by atoms with Crippen molar-refractivity contribution in [3.8, 4) is 11.5 Å². The van der Waals surface area contributed by atoms with Gasteiger partial charge in [-0.2, -0.15) is 0 Å². The molecule has 2 aromatic rings. The number of benzene rings is 1. The Bertz CT molecular complexity index is 638. The SMILES string of the molecule is CCC(CO)NCc1cc(Cl)c(OCc2cccnc2)c(OC)c1.[Cl-]. The average Bonchev–Trinajstić information content (AvgIpc) is 2.62. The zero-order valence-corrected chi connectivity index (χ0v) is 15.8. The molecule has 0 aliphatic heterocycles. The van der Waals surface area contributed by atoms with E-state index in [1.807, 2.05) is 31.2 Å². The van der Waals surface area contributed by atoms with Gasteiger partial charge in [-0.25, -0.2) is 0 Å². The number of aliphatic hydroxyl groups excluding tert-OH is 1. The first-order valence-electron chi connectivity index (χ1n) is 7.90. The zero-order valence-electron chi connectivity index (χ0n) is 14.3. The molecule has 1 unspecified atom stereocenters. The van der Waals surface area contributed by atoms with Gasteiger partial charge in [0.2, 0.25) is 0 Å². The minimum atomic E-state index is 0. The Balaban J connectivity index is 0.00000312. The molecule has 0 amide bonds. The Morgan fingerprint density at radius 2 is 2.12 bits per heavy atom. The lowest BCUT2D eigenvalue weighted by molar-refractivity contribution is -0.00000650. The highest BCUT2D eigenvalue weighted by atomic mass is 35.5. The van der Waals surface area contributed by atoms with E-state index in [2.05, 4.69) is 10.3 Å². The third-order valence-electron chi connectivity index (χ3n) is 3.70. The molecule has 25 heavy (non-hydrogen) atoms. The van der Waals surface area contributed by atoms with E-state index >= 15 is 0 Å². The third kappa shape index (κ3) is 6.36. The Hall–Kier alpha value is -1.53. The van der Waals surface area contributed by atoms with E-state index in [-0.39, 0.29) is 25.1 Å². The Morgan fingerprint density at radius 3 is 2.72 bits per heavy atom. The van der Waals surface area contributed by atoms with Crippen LogP contribution >= 0.6 is 11.6 Å². The first-order valence-corrected chi connectivity index (χ1v) is 8.28. The monoisotopic (exact) mass is 385 g/mol. The van der Waals surface area contributed by atoms with E-state index in [0.717, 1.165) is 17.5 Å². The molecule has 0 aliphatic carbocycles. The Kier molecular flexibility index (Phi) is 9.60. The predicted molar refractivity (Wildman–Crippen MR) is 94.6 cm³/mol. The molecule has 138 valence electrons. The van der Waals surface area contributed by atoms with Crippen molar-refractivity contribution in [3.63, 3.8) is 0 Å². The summed E-state index contributed by atoms with van der Waals surface area (Å²) in [5.41, 5.74) is 1.92. The van der Waals surface area contributed by atoms with E-state index in [1.165, 1.54) is 0 Å². The molecule has 1 heterocycles. The van der Waals surface area contributed by atoms with Crippen LogP contribution in [0.4, 0.5) is 0 Å². The van der Waals surface area contributed by atoms with Crippen LogP contribution in [-0.2, 0) is 13.2 Å². The maximum Gasteiger partial charge on any atom is 0.180 e. The van der Waals surface area contributed by atoms with Crippen LogP contribution in [-0.4, -0.2) is 29.8 Å². The van der Waals surface area contributed by atoms with Gasteiger partial charge in [0, 0.05) is 30.5 Å². The van der Waals surface area contributed by atoms with E-state index in [1.54, 1.807) is 19.5 Å². The predicted octanol–water partition coefficient (Wildman–Crippen LogP) is 0.187. The number of halogens is 2. The Labute approximate surface area is 159 Å². The van der Waals surface area contributed by atoms with Crippen LogP contribution in [0.25, 0.3) is 0 Å². The molecular formula is C18H23Cl2N2O3-. The summed E-state index contributed by atoms with van der Waals surface area (Å²) in [5, 5.41) is 13.0. The van der Waals surface area contributed by atoms with Gasteiger partial charge >= 0.3 is 0 Å². The van der Waals surface area contributed by atoms with Crippen LogP contribution in [0.15, 0.2) is 36.7 Å². The number of nitrogens with zero attached hydrogens (tertiary/aromatic N) is 1. The number of hydrogen-bond acceptors (Lipinski definition) is 5. The van der Waals surface area contributed by atoms with Crippen LogP contribution < -0.4 is 27.2 Å². The fourth-order valence-electron chi connectivity index (χ4n) is 2.25. The maximum atomic E-state index is 9.24. The molecule has 7 heteroatoms. The molecule has 2 N–H and O–H groups in total. The zero-order chi connectivity index (χ0) is 17.4. The topological polar surface area (TPSA) is 63.6 Å². The highest BCUT2D eigenvalue weighted by molar-refractivity contribution is 6.32. The number of nitrogens with one attached hydrogen (secondary N) is 1. The van der Waals surface area contributed by atoms with Crippen molar-refractivity contribution in [2.75, 3.05) is 13.7 Å². The third-order valence-corrected chi connectivity index (χ3v) is 3.98. The number of ether oxygens (including phenoxy) is 2. The molecule has 1 atom stereocenters. The first-order chi connectivity index (χ1) is 11.7. The fourth-order valence-corrected chi connectivity index (χ4v) is 2.54. The number of methoxy groups -OCH3 is 1. The number of rotatable bonds is 9. The molecule has 0 saturated carbocycles. The standard InChI is InChI=1S/C18H23ClN2O3.ClH/c1-3-15(11-22)21-10-14-7-16(19)18(17(8-14)23-2)24-12-13-5-4-6-20-9-13;/h4-9,15,21-22H,3,10-12H2,1-2H3;1H/p-1. The molecule has 2 rings (SSSR count). The molecular weight excluding hydrogens is 363 g/mol. The van der Waals surface area contributed by atoms with Crippen molar-refractivity contribution in [2.45, 2.75) is 32.5 Å². The van der Waals surface area contributed by atoms with Crippen LogP contribution in [0.1, 0.15) is 24.5 Å². The number of pyridine rings is 1. The van der Waals surface area contributed by atoms with Gasteiger partial charge < -0.3 is 32.3 Å². The van der Waals surface area contributed by atoms with Crippen molar-refractivity contribution in [1.82, 2.24) is 10.3 Å². The molecule has 1 aromatic heterocycles. The quantitative estimate of drug-likeness (QED) is 0.644. The van der Waals surface area contributed by atoms with Gasteiger partial charge in [0.15, 0.2) is 11.5 Å². The molecule has 0 spiro atoms. The maximum absolute atomic E-state index is 9.24. The minimum Gasteiger partial charge on any atom is -1.00 e. The summed E-state index contributed by atoms with van der Waals surface area (Å²) < 4.78 is 11.2. The van der Waals surface area contributed by atoms with Crippen molar-refractivity contribution in [1.29, 1.82) is 0 Å². The lowest BCUT2D eigenvalue weighted by atomic mass is 10.1. The normalized spacial score (nSPS) is 11.5. The van der Waals surface area contributed by atoms with E-state index < -0.39 is 0 Å². The smallest absolute Gasteiger partial charge is 0.180 e. The van der Waals surface area contributed by atoms with Crippen LogP contribution in [0.2, 0.25) is 5.02 Å². The summed E-state index contributed by atoms with van der Waals surface area (Å²) in [5.74, 6) is 1.10. The summed E-state index contributed by atoms with van der Waals surface area (Å²) in [6.45, 7) is 3.09. The molecule has 1 aromatic carbocycles. The van der Waals surface area contributed by atoms with Gasteiger partial charge in [-0.3, -0.25) is 4.98 Å². The minimum absolute atomic E-state index is 0. The van der Waals surface area contributed by atoms with Crippen molar-refractivity contribution < 1.29 is 27.0 Å². The molecule has 0 saturated heterocycles. The molecule has 0 bridgehead atoms. The summed E-state index contributed by atoms with van der Waals surface area (Å²) in [7, 11) is 1.59. The van der Waals surface area contributed by atoms with Gasteiger partial charge in [0.25, 0.3) is 0 Å². The highest BCUT2D eigenvalue weighted by Crippen LogP contribution is 2.37. The Morgan fingerprint density at radius 1 is 1.32 bits per heavy atom. The largest absolute Gasteiger partial charge is 1.00 e. The fraction of sp³-hybridized carbons (Fsp3) is 0.389. The first kappa shape index (κ1) is 21.5. The second-order valence-corrected chi connectivity index (χ2v) is 5.83. The number of aromatic nitrogens is 1. The van der Waals surface area contributed by atoms with Crippen LogP contribution in [0.5, 0.6) is 11.5 Å². The summed E-state index contributed by atoms with van der Waals surface area (Å²) in [6.07, 6.45) is 4.32. The highest BCUT2D eigenvalue weighted by Gasteiger charge is 2.13. The lowest BCUT2D eigenvalue weighted by Gasteiger charge is -2.17. The second-order valence-electron chi connectivity index (χ2n) is 5.43. The van der Waals surface area contributed by atoms with Gasteiger partial charge in [-0.1, -0.05) is 24.6 Å². The number of aliphatic hydroxyl groups is 1. The van der Waals surface area contributed by atoms with E-state index in [4.69, 9.17) is 21.1 Å². The van der Waals surface area contributed by atoms with Crippen molar-refractivity contribution in [3.05, 3.63) is 52.8 Å². The van der Waals surface area contributed by atoms with Gasteiger partial charge in [-0.05, 0) is 30.2 Å². The van der Waals surface area contributed by atoms with Gasteiger partial charge in [0.05, 0.1) is 18.7 Å². The van der Waals surface area contributed by atoms with Crippen LogP contribution in [0.3, 0.4) is 0 Å². The molecule has 0 radical (unpaired) electrons. The second kappa shape index (κ2) is 11.2. The average molecular weight is 386 g/mol. The molecule has 5 nitrogen and oxygen atoms in total. The van der Waals surface area contributed by atoms with Crippen molar-refractivity contribution in [2.24, 2.45) is 0 Å².